The summed E-state index contributed by atoms with van der Waals surface area (Å²) in [4.78, 5) is 38.6. The summed E-state index contributed by atoms with van der Waals surface area (Å²) in [5, 5.41) is 136. The standard InChI is InChI=1S/C73H134N2O21/c1-4-6-8-10-12-14-16-18-20-22-24-25-26-27-29-31-33-35-37-39-41-43-45-47-60(83)75-54(55(80)46-44-42-40-38-36-34-32-30-28-23-21-19-17-15-13-11-9-7-5-2)52-91-70-65(87)64(86)67(59(51-78)93-70)94-71-66(88)69(63(85)58(50-77)92-71)96-73(72(89)90)48-56(81)61(74-53(3)79)68(95-73)62(84)57(82)49-76/h24-25,27,29,54-59,61-71,76-78,80-82,84-88H,4-23,26,28,30-52H2,1-3H3,(H,74,79)(H,75,83)(H,89,90)/b25-24-,29-27-. The van der Waals surface area contributed by atoms with Crippen molar-refractivity contribution in [1.82, 2.24) is 10.6 Å². The Kier molecular flexibility index (Phi) is 48.3. The van der Waals surface area contributed by atoms with Gasteiger partial charge in [0.1, 0.15) is 67.1 Å². The number of hydrogen-bond acceptors (Lipinski definition) is 20. The summed E-state index contributed by atoms with van der Waals surface area (Å²) in [5.41, 5.74) is 0. The summed E-state index contributed by atoms with van der Waals surface area (Å²) in [6.07, 6.45) is 25.9. The quantitative estimate of drug-likeness (QED) is 0.0201. The van der Waals surface area contributed by atoms with Crippen LogP contribution in [0, 0.1) is 0 Å². The van der Waals surface area contributed by atoms with Crippen LogP contribution in [0.15, 0.2) is 24.3 Å². The van der Waals surface area contributed by atoms with Crippen LogP contribution >= 0.6 is 0 Å². The first kappa shape index (κ1) is 87.4. The highest BCUT2D eigenvalue weighted by Gasteiger charge is 2.60. The van der Waals surface area contributed by atoms with Gasteiger partial charge in [-0.3, -0.25) is 9.59 Å². The Hall–Kier alpha value is -2.79. The van der Waals surface area contributed by atoms with E-state index in [0.29, 0.717) is 19.3 Å². The minimum absolute atomic E-state index is 0.215. The van der Waals surface area contributed by atoms with E-state index in [0.717, 1.165) is 90.4 Å². The number of carboxylic acids is 1. The molecule has 0 aromatic heterocycles. The van der Waals surface area contributed by atoms with E-state index in [-0.39, 0.29) is 18.9 Å². The molecule has 0 aliphatic carbocycles. The first-order valence-electron chi connectivity index (χ1n) is 37.7. The molecule has 0 bridgehead atoms. The van der Waals surface area contributed by atoms with Crippen LogP contribution in [0.3, 0.4) is 0 Å². The number of hydrogen-bond donors (Lipinski definition) is 14. The molecule has 3 rings (SSSR count). The van der Waals surface area contributed by atoms with Crippen molar-refractivity contribution >= 4 is 17.8 Å². The van der Waals surface area contributed by atoms with Gasteiger partial charge in [-0.2, -0.15) is 0 Å². The topological polar surface area (TPSA) is 373 Å². The zero-order valence-corrected chi connectivity index (χ0v) is 59.0. The molecule has 96 heavy (non-hydrogen) atoms. The molecule has 0 aromatic carbocycles. The number of aliphatic carboxylic acids is 1. The number of rotatable bonds is 58. The third-order valence-electron chi connectivity index (χ3n) is 19.2. The molecule has 23 heteroatoms. The van der Waals surface area contributed by atoms with Gasteiger partial charge in [0.15, 0.2) is 12.6 Å². The fourth-order valence-corrected chi connectivity index (χ4v) is 13.2. The highest BCUT2D eigenvalue weighted by molar-refractivity contribution is 5.77. The molecule has 14 N–H and O–H groups in total. The van der Waals surface area contributed by atoms with Crippen molar-refractivity contribution in [3.05, 3.63) is 24.3 Å². The van der Waals surface area contributed by atoms with Gasteiger partial charge in [0.2, 0.25) is 11.8 Å². The van der Waals surface area contributed by atoms with E-state index in [4.69, 9.17) is 28.4 Å². The number of aliphatic hydroxyl groups excluding tert-OH is 11. The second-order valence-corrected chi connectivity index (χ2v) is 27.5. The molecular weight excluding hydrogens is 1240 g/mol. The maximum absolute atomic E-state index is 13.5. The first-order valence-corrected chi connectivity index (χ1v) is 37.7. The van der Waals surface area contributed by atoms with Crippen molar-refractivity contribution in [2.75, 3.05) is 26.4 Å². The minimum Gasteiger partial charge on any atom is -0.477 e. The van der Waals surface area contributed by atoms with Gasteiger partial charge in [0, 0.05) is 19.8 Å². The lowest BCUT2D eigenvalue weighted by atomic mass is 9.88. The summed E-state index contributed by atoms with van der Waals surface area (Å²) < 4.78 is 34.9. The lowest BCUT2D eigenvalue weighted by Gasteiger charge is -2.50. The average molecular weight is 1380 g/mol. The van der Waals surface area contributed by atoms with Crippen molar-refractivity contribution in [1.29, 1.82) is 0 Å². The lowest BCUT2D eigenvalue weighted by Crippen LogP contribution is -2.70. The molecule has 3 fully saturated rings. The van der Waals surface area contributed by atoms with E-state index in [2.05, 4.69) is 48.8 Å². The largest absolute Gasteiger partial charge is 0.477 e. The Morgan fingerprint density at radius 2 is 1.00 bits per heavy atom. The third-order valence-corrected chi connectivity index (χ3v) is 19.2. The van der Waals surface area contributed by atoms with Gasteiger partial charge < -0.3 is 100 Å². The monoisotopic (exact) mass is 1370 g/mol. The number of amides is 2. The molecule has 3 heterocycles. The van der Waals surface area contributed by atoms with E-state index in [1.165, 1.54) is 148 Å². The van der Waals surface area contributed by atoms with Gasteiger partial charge in [0.05, 0.1) is 50.7 Å². The fourth-order valence-electron chi connectivity index (χ4n) is 13.2. The van der Waals surface area contributed by atoms with E-state index >= 15 is 0 Å². The minimum atomic E-state index is -3.08. The van der Waals surface area contributed by atoms with E-state index in [1.54, 1.807) is 0 Å². The summed E-state index contributed by atoms with van der Waals surface area (Å²) >= 11 is 0. The number of unbranched alkanes of at least 4 members (excludes halogenated alkanes) is 34. The number of ether oxygens (including phenoxy) is 6. The molecule has 23 nitrogen and oxygen atoms in total. The molecule has 0 spiro atoms. The number of carbonyl (C=O) groups excluding carboxylic acids is 2. The third kappa shape index (κ3) is 34.3. The highest BCUT2D eigenvalue weighted by Crippen LogP contribution is 2.39. The zero-order chi connectivity index (χ0) is 70.4. The molecule has 18 unspecified atom stereocenters. The predicted octanol–water partition coefficient (Wildman–Crippen LogP) is 8.40. The van der Waals surface area contributed by atoms with E-state index < -0.39 is 148 Å². The highest BCUT2D eigenvalue weighted by atomic mass is 16.8. The van der Waals surface area contributed by atoms with Crippen LogP contribution < -0.4 is 10.6 Å². The summed E-state index contributed by atoms with van der Waals surface area (Å²) in [6.45, 7) is 2.23. The summed E-state index contributed by atoms with van der Waals surface area (Å²) in [6, 6.07) is -2.54. The number of allylic oxidation sites excluding steroid dienone is 4. The van der Waals surface area contributed by atoms with Gasteiger partial charge in [-0.05, 0) is 44.9 Å². The van der Waals surface area contributed by atoms with Gasteiger partial charge >= 0.3 is 5.97 Å². The predicted molar refractivity (Wildman–Crippen MR) is 366 cm³/mol. The van der Waals surface area contributed by atoms with Gasteiger partial charge in [-0.25, -0.2) is 4.79 Å². The van der Waals surface area contributed by atoms with Crippen LogP contribution in [-0.2, 0) is 42.8 Å². The molecule has 0 saturated carbocycles. The Morgan fingerprint density at radius 1 is 0.542 bits per heavy atom. The number of nitrogens with one attached hydrogen (secondary N) is 2. The maximum atomic E-state index is 13.5. The fraction of sp³-hybridized carbons (Fsp3) is 0.904. The zero-order valence-electron chi connectivity index (χ0n) is 59.0. The Balaban J connectivity index is 1.56. The van der Waals surface area contributed by atoms with Crippen LogP contribution in [0.25, 0.3) is 0 Å². The molecule has 18 atom stereocenters. The van der Waals surface area contributed by atoms with Crippen molar-refractivity contribution in [3.63, 3.8) is 0 Å². The molecule has 2 amide bonds. The van der Waals surface area contributed by atoms with Crippen molar-refractivity contribution in [3.8, 4) is 0 Å². The molecule has 0 radical (unpaired) electrons. The normalized spacial score (nSPS) is 27.7. The Bertz CT molecular complexity index is 2030. The van der Waals surface area contributed by atoms with E-state index in [9.17, 15) is 75.7 Å². The summed E-state index contributed by atoms with van der Waals surface area (Å²) in [5.74, 6) is -6.11. The number of carboxylic acid groups (broad SMARTS) is 1. The van der Waals surface area contributed by atoms with Crippen LogP contribution in [-0.4, -0.2) is 215 Å². The molecular formula is C73H134N2O21. The second-order valence-electron chi connectivity index (χ2n) is 27.5. The second kappa shape index (κ2) is 53.1. The van der Waals surface area contributed by atoms with Gasteiger partial charge in [-0.1, -0.05) is 244 Å². The summed E-state index contributed by atoms with van der Waals surface area (Å²) in [7, 11) is 0. The molecule has 3 saturated heterocycles. The van der Waals surface area contributed by atoms with Crippen LogP contribution in [0.1, 0.15) is 284 Å². The first-order chi connectivity index (χ1) is 46.4. The van der Waals surface area contributed by atoms with Crippen molar-refractivity contribution < 1.29 is 104 Å². The number of aliphatic hydroxyl groups is 11. The van der Waals surface area contributed by atoms with Gasteiger partial charge in [-0.15, -0.1) is 0 Å². The molecule has 562 valence electrons. The maximum Gasteiger partial charge on any atom is 0.364 e. The van der Waals surface area contributed by atoms with Crippen LogP contribution in [0.5, 0.6) is 0 Å². The molecule has 3 aliphatic heterocycles. The molecule has 3 aliphatic rings. The van der Waals surface area contributed by atoms with Gasteiger partial charge in [0.25, 0.3) is 5.79 Å². The van der Waals surface area contributed by atoms with Crippen LogP contribution in [0.2, 0.25) is 0 Å². The Labute approximate surface area is 574 Å². The molecule has 0 aromatic rings. The average Bonchev–Trinajstić information content (AvgIpc) is 0.784. The lowest BCUT2D eigenvalue weighted by molar-refractivity contribution is -0.386. The van der Waals surface area contributed by atoms with Crippen LogP contribution in [0.4, 0.5) is 0 Å². The SMILES string of the molecule is CCCCCCCCCCC/C=C\C/C=C\CCCCCCCCCC(=O)NC(COC1OC(CO)C(OC2OC(CO)C(O)C(OC3(C(=O)O)CC(O)C(NC(C)=O)C(C(O)C(O)CO)O3)C2O)C(O)C1O)C(O)CCCCCCCCCCCCCCCCCCCCC. The van der Waals surface area contributed by atoms with E-state index in [1.807, 2.05) is 0 Å². The number of carbonyl (C=O) groups is 3. The van der Waals surface area contributed by atoms with Crippen molar-refractivity contribution in [2.45, 2.75) is 394 Å². The smallest absolute Gasteiger partial charge is 0.364 e. The van der Waals surface area contributed by atoms with Crippen molar-refractivity contribution in [2.24, 2.45) is 0 Å². The Morgan fingerprint density at radius 3 is 1.46 bits per heavy atom.